The topological polar surface area (TPSA) is 97.2 Å². The summed E-state index contributed by atoms with van der Waals surface area (Å²) in [6, 6.07) is 14.2. The predicted octanol–water partition coefficient (Wildman–Crippen LogP) is 3.01. The number of piperidine rings is 1. The van der Waals surface area contributed by atoms with Crippen LogP contribution < -0.4 is 5.32 Å². The molecule has 4 rings (SSSR count). The van der Waals surface area contributed by atoms with Crippen LogP contribution in [0.1, 0.15) is 31.2 Å². The SMILES string of the molecule is O=C(CCc1ccc(S(=O)(=O)N2CCCCC2)cc1)Nc1ccccc1-n1ccnn1. The number of rotatable bonds is 7. The van der Waals surface area contributed by atoms with Crippen molar-refractivity contribution < 1.29 is 13.2 Å². The second-order valence-corrected chi connectivity index (χ2v) is 9.46. The average Bonchev–Trinajstić information content (AvgIpc) is 3.34. The lowest BCUT2D eigenvalue weighted by Gasteiger charge is -2.25. The van der Waals surface area contributed by atoms with Gasteiger partial charge in [-0.15, -0.1) is 5.10 Å². The van der Waals surface area contributed by atoms with Gasteiger partial charge in [0.05, 0.1) is 28.7 Å². The maximum Gasteiger partial charge on any atom is 0.243 e. The Morgan fingerprint density at radius 1 is 1.00 bits per heavy atom. The van der Waals surface area contributed by atoms with Crippen molar-refractivity contribution in [3.63, 3.8) is 0 Å². The van der Waals surface area contributed by atoms with E-state index in [0.717, 1.165) is 30.5 Å². The lowest BCUT2D eigenvalue weighted by molar-refractivity contribution is -0.116. The molecule has 162 valence electrons. The first-order valence-corrected chi connectivity index (χ1v) is 11.8. The van der Waals surface area contributed by atoms with E-state index in [4.69, 9.17) is 0 Å². The zero-order chi connectivity index (χ0) is 21.7. The molecule has 0 saturated carbocycles. The number of anilines is 1. The monoisotopic (exact) mass is 439 g/mol. The van der Waals surface area contributed by atoms with Gasteiger partial charge in [0.1, 0.15) is 0 Å². The Labute approximate surface area is 181 Å². The molecule has 0 atom stereocenters. The van der Waals surface area contributed by atoms with E-state index in [0.29, 0.717) is 30.1 Å². The van der Waals surface area contributed by atoms with E-state index in [1.165, 1.54) is 0 Å². The molecular formula is C22H25N5O3S. The van der Waals surface area contributed by atoms with Crippen LogP contribution in [0.5, 0.6) is 0 Å². The van der Waals surface area contributed by atoms with Crippen LogP contribution in [0.3, 0.4) is 0 Å². The van der Waals surface area contributed by atoms with Gasteiger partial charge in [0, 0.05) is 19.5 Å². The van der Waals surface area contributed by atoms with E-state index in [2.05, 4.69) is 15.6 Å². The Bertz CT molecular complexity index is 1120. The van der Waals surface area contributed by atoms with Crippen LogP contribution in [0, 0.1) is 0 Å². The standard InChI is InChI=1S/C22H25N5O3S/c28-22(24-20-6-2-3-7-21(20)27-17-14-23-25-27)13-10-18-8-11-19(12-9-18)31(29,30)26-15-4-1-5-16-26/h2-3,6-9,11-12,14,17H,1,4-5,10,13,15-16H2,(H,24,28). The van der Waals surface area contributed by atoms with Gasteiger partial charge in [-0.3, -0.25) is 4.79 Å². The highest BCUT2D eigenvalue weighted by Crippen LogP contribution is 2.22. The maximum atomic E-state index is 12.7. The van der Waals surface area contributed by atoms with E-state index in [-0.39, 0.29) is 12.3 Å². The molecule has 2 aromatic carbocycles. The van der Waals surface area contributed by atoms with Gasteiger partial charge in [-0.25, -0.2) is 13.1 Å². The van der Waals surface area contributed by atoms with Crippen molar-refractivity contribution in [3.05, 3.63) is 66.5 Å². The Hall–Kier alpha value is -3.04. The third-order valence-electron chi connectivity index (χ3n) is 5.36. The van der Waals surface area contributed by atoms with Gasteiger partial charge in [-0.2, -0.15) is 4.31 Å². The fourth-order valence-corrected chi connectivity index (χ4v) is 5.19. The number of carbonyl (C=O) groups excluding carboxylic acids is 1. The van der Waals surface area contributed by atoms with Crippen LogP contribution in [-0.2, 0) is 21.2 Å². The smallest absolute Gasteiger partial charge is 0.243 e. The summed E-state index contributed by atoms with van der Waals surface area (Å²) in [5.74, 6) is -0.127. The summed E-state index contributed by atoms with van der Waals surface area (Å²) in [5.41, 5.74) is 2.30. The van der Waals surface area contributed by atoms with Crippen molar-refractivity contribution in [2.45, 2.75) is 37.0 Å². The highest BCUT2D eigenvalue weighted by molar-refractivity contribution is 7.89. The maximum absolute atomic E-state index is 12.7. The average molecular weight is 440 g/mol. The van der Waals surface area contributed by atoms with Gasteiger partial charge >= 0.3 is 0 Å². The normalized spacial score (nSPS) is 15.0. The summed E-state index contributed by atoms with van der Waals surface area (Å²) < 4.78 is 28.7. The minimum atomic E-state index is -3.44. The molecule has 0 bridgehead atoms. The Morgan fingerprint density at radius 2 is 1.74 bits per heavy atom. The molecule has 1 saturated heterocycles. The summed E-state index contributed by atoms with van der Waals surface area (Å²) in [6.45, 7) is 1.17. The number of hydrogen-bond donors (Lipinski definition) is 1. The van der Waals surface area contributed by atoms with Crippen LogP contribution in [-0.4, -0.2) is 46.7 Å². The van der Waals surface area contributed by atoms with Crippen molar-refractivity contribution in [2.75, 3.05) is 18.4 Å². The highest BCUT2D eigenvalue weighted by Gasteiger charge is 2.25. The number of amides is 1. The minimum Gasteiger partial charge on any atom is -0.324 e. The highest BCUT2D eigenvalue weighted by atomic mass is 32.2. The Balaban J connectivity index is 1.36. The molecule has 3 aromatic rings. The molecule has 1 aliphatic rings. The van der Waals surface area contributed by atoms with E-state index in [1.54, 1.807) is 45.6 Å². The third-order valence-corrected chi connectivity index (χ3v) is 7.28. The fraction of sp³-hybridized carbons (Fsp3) is 0.318. The molecule has 0 aliphatic carbocycles. The zero-order valence-electron chi connectivity index (χ0n) is 17.1. The van der Waals surface area contributed by atoms with Crippen LogP contribution in [0.15, 0.2) is 65.8 Å². The van der Waals surface area contributed by atoms with Crippen molar-refractivity contribution in [1.82, 2.24) is 19.3 Å². The molecule has 8 nitrogen and oxygen atoms in total. The lowest BCUT2D eigenvalue weighted by atomic mass is 10.1. The molecule has 2 heterocycles. The van der Waals surface area contributed by atoms with Crippen molar-refractivity contribution >= 4 is 21.6 Å². The van der Waals surface area contributed by atoms with E-state index in [9.17, 15) is 13.2 Å². The van der Waals surface area contributed by atoms with Crippen molar-refractivity contribution in [1.29, 1.82) is 0 Å². The van der Waals surface area contributed by atoms with Crippen LogP contribution in [0.4, 0.5) is 5.69 Å². The number of benzene rings is 2. The molecule has 0 unspecified atom stereocenters. The molecule has 1 aromatic heterocycles. The summed E-state index contributed by atoms with van der Waals surface area (Å²) in [6.07, 6.45) is 6.98. The molecule has 1 aliphatic heterocycles. The summed E-state index contributed by atoms with van der Waals surface area (Å²) in [5, 5.41) is 10.7. The number of nitrogens with zero attached hydrogens (tertiary/aromatic N) is 4. The third kappa shape index (κ3) is 5.00. The second kappa shape index (κ2) is 9.40. The molecule has 1 amide bonds. The summed E-state index contributed by atoms with van der Waals surface area (Å²) in [4.78, 5) is 12.8. The Morgan fingerprint density at radius 3 is 2.45 bits per heavy atom. The number of hydrogen-bond acceptors (Lipinski definition) is 5. The zero-order valence-corrected chi connectivity index (χ0v) is 18.0. The molecule has 1 N–H and O–H groups in total. The van der Waals surface area contributed by atoms with E-state index >= 15 is 0 Å². The predicted molar refractivity (Wildman–Crippen MR) is 117 cm³/mol. The van der Waals surface area contributed by atoms with E-state index in [1.807, 2.05) is 24.3 Å². The molecule has 1 fully saturated rings. The largest absolute Gasteiger partial charge is 0.324 e. The number of nitrogens with one attached hydrogen (secondary N) is 1. The first-order chi connectivity index (χ1) is 15.0. The van der Waals surface area contributed by atoms with Gasteiger partial charge in [-0.1, -0.05) is 35.9 Å². The molecule has 0 radical (unpaired) electrons. The van der Waals surface area contributed by atoms with Gasteiger partial charge in [0.2, 0.25) is 15.9 Å². The minimum absolute atomic E-state index is 0.127. The summed E-state index contributed by atoms with van der Waals surface area (Å²) >= 11 is 0. The van der Waals surface area contributed by atoms with E-state index < -0.39 is 10.0 Å². The van der Waals surface area contributed by atoms with Gasteiger partial charge < -0.3 is 5.32 Å². The van der Waals surface area contributed by atoms with Gasteiger partial charge in [-0.05, 0) is 49.1 Å². The number of sulfonamides is 1. The Kier molecular flexibility index (Phi) is 6.43. The molecule has 31 heavy (non-hydrogen) atoms. The quantitative estimate of drug-likeness (QED) is 0.610. The second-order valence-electron chi connectivity index (χ2n) is 7.52. The van der Waals surface area contributed by atoms with Crippen LogP contribution in [0.25, 0.3) is 5.69 Å². The van der Waals surface area contributed by atoms with Crippen LogP contribution in [0.2, 0.25) is 0 Å². The lowest BCUT2D eigenvalue weighted by Crippen LogP contribution is -2.35. The molecule has 0 spiro atoms. The van der Waals surface area contributed by atoms with Crippen LogP contribution >= 0.6 is 0 Å². The van der Waals surface area contributed by atoms with Crippen molar-refractivity contribution in [2.24, 2.45) is 0 Å². The van der Waals surface area contributed by atoms with Gasteiger partial charge in [0.25, 0.3) is 0 Å². The summed E-state index contributed by atoms with van der Waals surface area (Å²) in [7, 11) is -3.44. The van der Waals surface area contributed by atoms with Gasteiger partial charge in [0.15, 0.2) is 0 Å². The molecular weight excluding hydrogens is 414 g/mol. The first-order valence-electron chi connectivity index (χ1n) is 10.4. The number of carbonyl (C=O) groups is 1. The van der Waals surface area contributed by atoms with Crippen molar-refractivity contribution in [3.8, 4) is 5.69 Å². The number of para-hydroxylation sites is 2. The fourth-order valence-electron chi connectivity index (χ4n) is 3.67. The molecule has 9 heteroatoms. The number of aryl methyl sites for hydroxylation is 1. The first kappa shape index (κ1) is 21.2. The number of aromatic nitrogens is 3.